The quantitative estimate of drug-likeness (QED) is 0.740. The Bertz CT molecular complexity index is 655. The molecule has 26 heavy (non-hydrogen) atoms. The van der Waals surface area contributed by atoms with Gasteiger partial charge in [0.25, 0.3) is 5.91 Å². The lowest BCUT2D eigenvalue weighted by molar-refractivity contribution is -0.682. The molecule has 1 amide bonds. The number of carbonyl (C=O) groups is 1. The Hall–Kier alpha value is -1.07. The maximum Gasteiger partial charge on any atom is 0.275 e. The molecule has 0 unspecified atom stereocenters. The van der Waals surface area contributed by atoms with Crippen molar-refractivity contribution >= 4 is 21.8 Å². The molecule has 1 atom stereocenters. The predicted molar refractivity (Wildman–Crippen MR) is 105 cm³/mol. The van der Waals surface area contributed by atoms with E-state index in [0.29, 0.717) is 6.54 Å². The van der Waals surface area contributed by atoms with E-state index in [9.17, 15) is 4.79 Å². The minimum atomic E-state index is 0.117. The summed E-state index contributed by atoms with van der Waals surface area (Å²) in [6.45, 7) is 2.64. The molecule has 1 aromatic carbocycles. The highest BCUT2D eigenvalue weighted by molar-refractivity contribution is 9.10. The number of quaternary nitrogens is 1. The third-order valence-electron chi connectivity index (χ3n) is 6.80. The first-order valence-electron chi connectivity index (χ1n) is 9.94. The van der Waals surface area contributed by atoms with Crippen LogP contribution in [-0.4, -0.2) is 25.1 Å². The van der Waals surface area contributed by atoms with Gasteiger partial charge in [-0.05, 0) is 97.3 Å². The number of nitrogens with one attached hydrogen (secondary N) is 1. The van der Waals surface area contributed by atoms with Crippen molar-refractivity contribution in [3.05, 3.63) is 28.2 Å². The molecule has 0 spiro atoms. The van der Waals surface area contributed by atoms with Crippen LogP contribution in [-0.2, 0) is 4.79 Å². The van der Waals surface area contributed by atoms with Gasteiger partial charge < -0.3 is 15.4 Å². The van der Waals surface area contributed by atoms with Crippen molar-refractivity contribution in [2.75, 3.05) is 13.7 Å². The summed E-state index contributed by atoms with van der Waals surface area (Å²) in [5.74, 6) is 3.62. The van der Waals surface area contributed by atoms with E-state index in [1.165, 1.54) is 44.1 Å². The SMILES string of the molecule is COc1ccc([C@H](C)[NH2+]CC(=O)NC23CC4CC(CC(C4)C2)C3)cc1Br. The van der Waals surface area contributed by atoms with Gasteiger partial charge in [-0.3, -0.25) is 4.79 Å². The zero-order valence-electron chi connectivity index (χ0n) is 15.8. The summed E-state index contributed by atoms with van der Waals surface area (Å²) in [5, 5.41) is 5.59. The normalized spacial score (nSPS) is 33.1. The molecule has 4 fully saturated rings. The number of rotatable bonds is 6. The van der Waals surface area contributed by atoms with Gasteiger partial charge in [0.05, 0.1) is 11.6 Å². The molecule has 5 heteroatoms. The van der Waals surface area contributed by atoms with Crippen molar-refractivity contribution in [3.63, 3.8) is 0 Å². The van der Waals surface area contributed by atoms with Crippen molar-refractivity contribution in [2.24, 2.45) is 17.8 Å². The van der Waals surface area contributed by atoms with Crippen LogP contribution in [0.2, 0.25) is 0 Å². The Morgan fingerprint density at radius 2 is 1.88 bits per heavy atom. The number of hydrogen-bond acceptors (Lipinski definition) is 2. The molecule has 4 aliphatic rings. The largest absolute Gasteiger partial charge is 0.496 e. The molecule has 0 aromatic heterocycles. The maximum atomic E-state index is 12.7. The van der Waals surface area contributed by atoms with Crippen LogP contribution in [0.25, 0.3) is 0 Å². The Labute approximate surface area is 164 Å². The fourth-order valence-electron chi connectivity index (χ4n) is 6.00. The molecule has 3 N–H and O–H groups in total. The highest BCUT2D eigenvalue weighted by atomic mass is 79.9. The van der Waals surface area contributed by atoms with Crippen molar-refractivity contribution in [3.8, 4) is 5.75 Å². The maximum absolute atomic E-state index is 12.7. The fourth-order valence-corrected chi connectivity index (χ4v) is 6.55. The molecule has 1 aromatic rings. The average Bonchev–Trinajstić information content (AvgIpc) is 2.58. The van der Waals surface area contributed by atoms with E-state index in [4.69, 9.17) is 4.74 Å². The first kappa shape index (κ1) is 18.3. The van der Waals surface area contributed by atoms with Gasteiger partial charge in [-0.15, -0.1) is 0 Å². The zero-order chi connectivity index (χ0) is 18.3. The molecule has 142 valence electrons. The number of amides is 1. The van der Waals surface area contributed by atoms with Crippen molar-refractivity contribution in [1.29, 1.82) is 0 Å². The van der Waals surface area contributed by atoms with Crippen LogP contribution in [0, 0.1) is 17.8 Å². The van der Waals surface area contributed by atoms with Crippen LogP contribution >= 0.6 is 15.9 Å². The number of benzene rings is 1. The molecule has 4 saturated carbocycles. The summed E-state index contributed by atoms with van der Waals surface area (Å²) in [6, 6.07) is 6.36. The second kappa shape index (κ2) is 7.16. The molecule has 0 heterocycles. The van der Waals surface area contributed by atoms with Gasteiger partial charge in [-0.2, -0.15) is 0 Å². The third kappa shape index (κ3) is 3.65. The molecule has 5 rings (SSSR count). The summed E-state index contributed by atoms with van der Waals surface area (Å²) in [5.41, 5.74) is 1.31. The number of halogens is 1. The van der Waals surface area contributed by atoms with Gasteiger partial charge in [0.1, 0.15) is 11.8 Å². The highest BCUT2D eigenvalue weighted by Crippen LogP contribution is 2.55. The van der Waals surface area contributed by atoms with E-state index in [2.05, 4.69) is 45.6 Å². The number of carbonyl (C=O) groups excluding carboxylic acids is 1. The molecular formula is C21H30BrN2O2+. The van der Waals surface area contributed by atoms with Crippen LogP contribution in [0.4, 0.5) is 0 Å². The highest BCUT2D eigenvalue weighted by Gasteiger charge is 2.51. The second-order valence-electron chi connectivity index (χ2n) is 8.87. The summed E-state index contributed by atoms with van der Waals surface area (Å²) in [7, 11) is 1.67. The minimum absolute atomic E-state index is 0.117. The lowest BCUT2D eigenvalue weighted by Gasteiger charge is -2.56. The Balaban J connectivity index is 1.32. The number of hydrogen-bond donors (Lipinski definition) is 2. The monoisotopic (exact) mass is 421 g/mol. The first-order valence-corrected chi connectivity index (χ1v) is 10.7. The molecule has 0 aliphatic heterocycles. The summed E-state index contributed by atoms with van der Waals surface area (Å²) in [4.78, 5) is 12.7. The molecule has 4 nitrogen and oxygen atoms in total. The molecule has 4 aliphatic carbocycles. The van der Waals surface area contributed by atoms with Crippen LogP contribution in [0.3, 0.4) is 0 Å². The fraction of sp³-hybridized carbons (Fsp3) is 0.667. The van der Waals surface area contributed by atoms with E-state index in [-0.39, 0.29) is 17.5 Å². The van der Waals surface area contributed by atoms with E-state index >= 15 is 0 Å². The van der Waals surface area contributed by atoms with Crippen molar-refractivity contribution < 1.29 is 14.8 Å². The Kier molecular flexibility index (Phi) is 5.04. The first-order chi connectivity index (χ1) is 12.5. The zero-order valence-corrected chi connectivity index (χ0v) is 17.3. The Morgan fingerprint density at radius 1 is 1.27 bits per heavy atom. The van der Waals surface area contributed by atoms with Crippen LogP contribution < -0.4 is 15.4 Å². The van der Waals surface area contributed by atoms with Gasteiger partial charge in [0.15, 0.2) is 6.54 Å². The summed E-state index contributed by atoms with van der Waals surface area (Å²) in [6.07, 6.45) is 7.86. The number of ether oxygens (including phenoxy) is 1. The molecule has 0 saturated heterocycles. The van der Waals surface area contributed by atoms with E-state index in [1.54, 1.807) is 7.11 Å². The second-order valence-corrected chi connectivity index (χ2v) is 9.72. The lowest BCUT2D eigenvalue weighted by Crippen LogP contribution is -2.87. The van der Waals surface area contributed by atoms with Gasteiger partial charge in [-0.1, -0.05) is 0 Å². The van der Waals surface area contributed by atoms with E-state index in [1.807, 2.05) is 6.07 Å². The van der Waals surface area contributed by atoms with Gasteiger partial charge >= 0.3 is 0 Å². The number of methoxy groups -OCH3 is 1. The van der Waals surface area contributed by atoms with Crippen molar-refractivity contribution in [2.45, 2.75) is 57.0 Å². The lowest BCUT2D eigenvalue weighted by atomic mass is 9.53. The third-order valence-corrected chi connectivity index (χ3v) is 7.42. The smallest absolute Gasteiger partial charge is 0.275 e. The topological polar surface area (TPSA) is 54.9 Å². The summed E-state index contributed by atoms with van der Waals surface area (Å²) >= 11 is 3.54. The van der Waals surface area contributed by atoms with Gasteiger partial charge in [0.2, 0.25) is 0 Å². The van der Waals surface area contributed by atoms with E-state index < -0.39 is 0 Å². The minimum Gasteiger partial charge on any atom is -0.496 e. The van der Waals surface area contributed by atoms with E-state index in [0.717, 1.165) is 28.0 Å². The predicted octanol–water partition coefficient (Wildman–Crippen LogP) is 3.17. The average molecular weight is 422 g/mol. The van der Waals surface area contributed by atoms with Crippen LogP contribution in [0.15, 0.2) is 22.7 Å². The van der Waals surface area contributed by atoms with Crippen molar-refractivity contribution in [1.82, 2.24) is 5.32 Å². The standard InChI is InChI=1S/C21H29BrN2O2/c1-13(17-3-4-19(26-2)18(22)8-17)23-12-20(25)24-21-9-14-5-15(10-21)7-16(6-14)11-21/h3-4,8,13-16,23H,5-7,9-12H2,1-2H3,(H,24,25)/p+1/t13-,14?,15?,16?,21?/m0/s1. The molecule has 0 radical (unpaired) electrons. The number of nitrogens with two attached hydrogens (primary N) is 1. The Morgan fingerprint density at radius 3 is 2.42 bits per heavy atom. The van der Waals surface area contributed by atoms with Gasteiger partial charge in [-0.25, -0.2) is 0 Å². The molecule has 4 bridgehead atoms. The van der Waals surface area contributed by atoms with Crippen LogP contribution in [0.1, 0.15) is 57.1 Å². The molecular weight excluding hydrogens is 392 g/mol. The van der Waals surface area contributed by atoms with Crippen LogP contribution in [0.5, 0.6) is 5.75 Å². The van der Waals surface area contributed by atoms with Gasteiger partial charge in [0, 0.05) is 11.1 Å². The summed E-state index contributed by atoms with van der Waals surface area (Å²) < 4.78 is 6.25.